The van der Waals surface area contributed by atoms with Gasteiger partial charge in [0.15, 0.2) is 5.69 Å². The van der Waals surface area contributed by atoms with Gasteiger partial charge in [-0.3, -0.25) is 19.3 Å². The van der Waals surface area contributed by atoms with Gasteiger partial charge in [-0.1, -0.05) is 37.1 Å². The third kappa shape index (κ3) is 4.94. The van der Waals surface area contributed by atoms with Gasteiger partial charge in [0.05, 0.1) is 11.4 Å². The number of nitrogens with zero attached hydrogens (tertiary/aromatic N) is 2. The SMILES string of the molecule is NC(=O)c1nsc(C(=O)N(c2ccccc2F)C(C(=O)NC2CCCC2)c2ccc(O)cc2)c1N. The first kappa shape index (κ1) is 24.1. The van der Waals surface area contributed by atoms with Crippen LogP contribution >= 0.6 is 11.5 Å². The highest BCUT2D eigenvalue weighted by Gasteiger charge is 2.38. The lowest BCUT2D eigenvalue weighted by Crippen LogP contribution is -2.46. The summed E-state index contributed by atoms with van der Waals surface area (Å²) < 4.78 is 18.9. The Hall–Kier alpha value is -3.99. The first-order chi connectivity index (χ1) is 16.8. The van der Waals surface area contributed by atoms with Crippen molar-refractivity contribution in [2.75, 3.05) is 10.6 Å². The van der Waals surface area contributed by atoms with E-state index >= 15 is 4.39 Å². The number of phenolic OH excluding ortho intramolecular Hbond substituents is 1. The smallest absolute Gasteiger partial charge is 0.273 e. The zero-order chi connectivity index (χ0) is 25.1. The van der Waals surface area contributed by atoms with Crippen molar-refractivity contribution in [3.8, 4) is 5.75 Å². The largest absolute Gasteiger partial charge is 0.508 e. The Labute approximate surface area is 204 Å². The van der Waals surface area contributed by atoms with Crippen molar-refractivity contribution in [3.63, 3.8) is 0 Å². The van der Waals surface area contributed by atoms with Gasteiger partial charge in [0.1, 0.15) is 22.5 Å². The molecule has 6 N–H and O–H groups in total. The maximum absolute atomic E-state index is 15.1. The Balaban J connectivity index is 1.86. The Morgan fingerprint density at radius 2 is 1.77 bits per heavy atom. The summed E-state index contributed by atoms with van der Waals surface area (Å²) in [4.78, 5) is 40.0. The molecule has 0 bridgehead atoms. The molecule has 1 atom stereocenters. The Bertz CT molecular complexity index is 1260. The van der Waals surface area contributed by atoms with Gasteiger partial charge in [-0.05, 0) is 54.2 Å². The number of anilines is 2. The van der Waals surface area contributed by atoms with Crippen molar-refractivity contribution in [2.45, 2.75) is 37.8 Å². The van der Waals surface area contributed by atoms with Crippen LogP contribution in [0.3, 0.4) is 0 Å². The van der Waals surface area contributed by atoms with Crippen LogP contribution in [0.15, 0.2) is 48.5 Å². The summed E-state index contributed by atoms with van der Waals surface area (Å²) in [6.45, 7) is 0. The Morgan fingerprint density at radius 3 is 2.37 bits per heavy atom. The molecule has 4 rings (SSSR count). The normalized spacial score (nSPS) is 14.4. The number of benzene rings is 2. The number of nitrogen functional groups attached to an aromatic ring is 1. The fraction of sp³-hybridized carbons (Fsp3) is 0.250. The maximum Gasteiger partial charge on any atom is 0.273 e. The lowest BCUT2D eigenvalue weighted by atomic mass is 10.0. The third-order valence-corrected chi connectivity index (χ3v) is 6.75. The van der Waals surface area contributed by atoms with Crippen molar-refractivity contribution in [1.82, 2.24) is 9.69 Å². The highest BCUT2D eigenvalue weighted by molar-refractivity contribution is 7.09. The molecule has 1 saturated carbocycles. The summed E-state index contributed by atoms with van der Waals surface area (Å²) in [6, 6.07) is 9.88. The second-order valence-corrected chi connectivity index (χ2v) is 9.02. The molecule has 11 heteroatoms. The van der Waals surface area contributed by atoms with Crippen molar-refractivity contribution in [3.05, 3.63) is 70.5 Å². The molecule has 0 saturated heterocycles. The van der Waals surface area contributed by atoms with Gasteiger partial charge in [-0.25, -0.2) is 4.39 Å². The van der Waals surface area contributed by atoms with E-state index in [1.807, 2.05) is 0 Å². The molecule has 2 aromatic carbocycles. The fourth-order valence-corrected chi connectivity index (χ4v) is 4.92. The zero-order valence-electron chi connectivity index (χ0n) is 18.6. The first-order valence-electron chi connectivity index (χ1n) is 11.0. The molecule has 1 aromatic heterocycles. The fourth-order valence-electron chi connectivity index (χ4n) is 4.18. The number of halogens is 1. The Morgan fingerprint density at radius 1 is 1.11 bits per heavy atom. The molecule has 0 aliphatic heterocycles. The van der Waals surface area contributed by atoms with E-state index < -0.39 is 29.6 Å². The number of hydrogen-bond donors (Lipinski definition) is 4. The number of nitrogens with one attached hydrogen (secondary N) is 1. The van der Waals surface area contributed by atoms with E-state index in [2.05, 4.69) is 9.69 Å². The number of hydrogen-bond acceptors (Lipinski definition) is 7. The van der Waals surface area contributed by atoms with Crippen LogP contribution < -0.4 is 21.7 Å². The summed E-state index contributed by atoms with van der Waals surface area (Å²) in [7, 11) is 0. The molecule has 35 heavy (non-hydrogen) atoms. The predicted octanol–water partition coefficient (Wildman–Crippen LogP) is 3.12. The molecule has 182 valence electrons. The van der Waals surface area contributed by atoms with Crippen molar-refractivity contribution in [2.24, 2.45) is 5.73 Å². The number of para-hydroxylation sites is 1. The highest BCUT2D eigenvalue weighted by Crippen LogP contribution is 2.35. The third-order valence-electron chi connectivity index (χ3n) is 5.90. The number of phenols is 1. The molecule has 3 amide bonds. The average Bonchev–Trinajstić information content (AvgIpc) is 3.48. The molecule has 3 aromatic rings. The number of carbonyl (C=O) groups excluding carboxylic acids is 3. The number of aromatic hydroxyl groups is 1. The van der Waals surface area contributed by atoms with Gasteiger partial charge in [-0.15, -0.1) is 0 Å². The molecule has 1 heterocycles. The van der Waals surface area contributed by atoms with Gasteiger partial charge in [0.2, 0.25) is 5.91 Å². The number of primary amides is 1. The van der Waals surface area contributed by atoms with E-state index in [0.29, 0.717) is 17.1 Å². The van der Waals surface area contributed by atoms with Crippen LogP contribution in [0.4, 0.5) is 15.8 Å². The van der Waals surface area contributed by atoms with E-state index in [1.54, 1.807) is 0 Å². The van der Waals surface area contributed by atoms with Gasteiger partial charge in [-0.2, -0.15) is 4.37 Å². The van der Waals surface area contributed by atoms with Crippen LogP contribution in [0.1, 0.15) is 57.4 Å². The summed E-state index contributed by atoms with van der Waals surface area (Å²) in [5, 5.41) is 12.7. The first-order valence-corrected chi connectivity index (χ1v) is 11.8. The Kier molecular flexibility index (Phi) is 6.97. The number of carbonyl (C=O) groups is 3. The number of rotatable bonds is 7. The molecule has 0 spiro atoms. The molecular formula is C24H24FN5O4S. The van der Waals surface area contributed by atoms with E-state index in [-0.39, 0.29) is 33.7 Å². The maximum atomic E-state index is 15.1. The molecule has 9 nitrogen and oxygen atoms in total. The minimum atomic E-state index is -1.31. The number of nitrogens with two attached hydrogens (primary N) is 2. The van der Waals surface area contributed by atoms with Crippen LogP contribution in [0.5, 0.6) is 5.75 Å². The average molecular weight is 498 g/mol. The monoisotopic (exact) mass is 497 g/mol. The van der Waals surface area contributed by atoms with Crippen LogP contribution in [0, 0.1) is 5.82 Å². The zero-order valence-corrected chi connectivity index (χ0v) is 19.4. The van der Waals surface area contributed by atoms with E-state index in [0.717, 1.165) is 30.6 Å². The standard InChI is InChI=1S/C24H24FN5O4S/c25-16-7-3-4-8-17(16)30(24(34)21-18(26)19(22(27)32)29-35-21)20(13-9-11-15(31)12-10-13)23(33)28-14-5-1-2-6-14/h3-4,7-12,14,20,31H,1-2,5-6,26H2,(H2,27,32)(H,28,33). The van der Waals surface area contributed by atoms with E-state index in [1.165, 1.54) is 48.5 Å². The van der Waals surface area contributed by atoms with Gasteiger partial charge in [0.25, 0.3) is 11.8 Å². The van der Waals surface area contributed by atoms with Crippen LogP contribution in [-0.2, 0) is 4.79 Å². The highest BCUT2D eigenvalue weighted by atomic mass is 32.1. The topological polar surface area (TPSA) is 152 Å². The molecule has 1 unspecified atom stereocenters. The second-order valence-electron chi connectivity index (χ2n) is 8.25. The minimum absolute atomic E-state index is 0.0368. The quantitative estimate of drug-likeness (QED) is 0.394. The molecule has 0 radical (unpaired) electrons. The van der Waals surface area contributed by atoms with Gasteiger partial charge >= 0.3 is 0 Å². The van der Waals surface area contributed by atoms with Gasteiger partial charge in [0, 0.05) is 6.04 Å². The van der Waals surface area contributed by atoms with Crippen LogP contribution in [0.25, 0.3) is 0 Å². The molecular weight excluding hydrogens is 473 g/mol. The van der Waals surface area contributed by atoms with Crippen molar-refractivity contribution < 1.29 is 23.9 Å². The lowest BCUT2D eigenvalue weighted by molar-refractivity contribution is -0.123. The lowest BCUT2D eigenvalue weighted by Gasteiger charge is -2.32. The minimum Gasteiger partial charge on any atom is -0.508 e. The van der Waals surface area contributed by atoms with E-state index in [4.69, 9.17) is 11.5 Å². The summed E-state index contributed by atoms with van der Waals surface area (Å²) >= 11 is 0.640. The predicted molar refractivity (Wildman–Crippen MR) is 130 cm³/mol. The van der Waals surface area contributed by atoms with Gasteiger partial charge < -0.3 is 21.9 Å². The molecule has 1 aliphatic rings. The summed E-state index contributed by atoms with van der Waals surface area (Å²) in [5.41, 5.74) is 11.0. The van der Waals surface area contributed by atoms with Crippen molar-refractivity contribution in [1.29, 1.82) is 0 Å². The van der Waals surface area contributed by atoms with Crippen LogP contribution in [-0.4, -0.2) is 33.2 Å². The molecule has 1 fully saturated rings. The summed E-state index contributed by atoms with van der Waals surface area (Å²) in [6.07, 6.45) is 3.53. The second kappa shape index (κ2) is 10.1. The number of amides is 3. The number of aromatic nitrogens is 1. The van der Waals surface area contributed by atoms with E-state index in [9.17, 15) is 19.5 Å². The van der Waals surface area contributed by atoms with Crippen molar-refractivity contribution >= 4 is 40.6 Å². The molecule has 1 aliphatic carbocycles. The summed E-state index contributed by atoms with van der Waals surface area (Å²) in [5.74, 6) is -3.03. The van der Waals surface area contributed by atoms with Crippen LogP contribution in [0.2, 0.25) is 0 Å².